The van der Waals surface area contributed by atoms with Crippen LogP contribution in [0.2, 0.25) is 0 Å². The molecule has 0 fully saturated rings. The largest absolute Gasteiger partial charge is 0.494 e. The van der Waals surface area contributed by atoms with Crippen LogP contribution in [-0.4, -0.2) is 55.7 Å². The fourth-order valence-electron chi connectivity index (χ4n) is 4.38. The Kier molecular flexibility index (Phi) is 8.85. The number of imidazole rings is 1. The maximum absolute atomic E-state index is 14.4. The van der Waals surface area contributed by atoms with Gasteiger partial charge in [-0.25, -0.2) is 18.7 Å². The third kappa shape index (κ3) is 6.37. The lowest BCUT2D eigenvalue weighted by Gasteiger charge is -2.17. The average molecular weight is 617 g/mol. The molecule has 0 aliphatic carbocycles. The van der Waals surface area contributed by atoms with Crippen LogP contribution in [0.25, 0.3) is 34.0 Å². The normalized spacial score (nSPS) is 12.4. The van der Waals surface area contributed by atoms with Crippen LogP contribution in [0.1, 0.15) is 37.1 Å². The first-order valence-corrected chi connectivity index (χ1v) is 13.5. The highest BCUT2D eigenvalue weighted by Crippen LogP contribution is 2.39. The Balaban J connectivity index is 1.55. The SMILES string of the molecule is CCCOc1ccc(-c2cc(C(C(=O)NCCCO)n3cc4nc(-c5cccc(F)c5F)nc-4cn3)on2)c(C(F)(F)F)c1. The van der Waals surface area contributed by atoms with Crippen molar-refractivity contribution in [1.29, 1.82) is 0 Å². The van der Waals surface area contributed by atoms with Gasteiger partial charge in [0.25, 0.3) is 5.91 Å². The Bertz CT molecular complexity index is 1740. The number of fused-ring (bicyclic) bond motifs is 1. The maximum atomic E-state index is 14.4. The van der Waals surface area contributed by atoms with Crippen molar-refractivity contribution in [3.8, 4) is 39.8 Å². The summed E-state index contributed by atoms with van der Waals surface area (Å²) in [5, 5.41) is 19.8. The molecule has 10 nitrogen and oxygen atoms in total. The summed E-state index contributed by atoms with van der Waals surface area (Å²) in [6, 6.07) is 6.82. The molecule has 0 bridgehead atoms. The Labute approximate surface area is 246 Å². The third-order valence-electron chi connectivity index (χ3n) is 6.47. The molecule has 230 valence electrons. The highest BCUT2D eigenvalue weighted by Gasteiger charge is 2.36. The number of aromatic nitrogens is 5. The number of carbonyl (C=O) groups is 1. The van der Waals surface area contributed by atoms with E-state index in [1.165, 1.54) is 42.7 Å². The Morgan fingerprint density at radius 2 is 1.89 bits per heavy atom. The van der Waals surface area contributed by atoms with Crippen molar-refractivity contribution in [2.45, 2.75) is 32.0 Å². The standard InChI is InChI=1S/C29H25F5N6O4/c1-2-11-43-16-7-8-17(19(12-16)29(32,33)34)21-13-24(44-39-21)26(28(42)35-9-4-10-41)40-15-23-22(14-36-40)37-27(38-23)18-5-3-6-20(30)25(18)31/h3,5-8,12-15,26,41H,2,4,9-11H2,1H3,(H,35,42). The van der Waals surface area contributed by atoms with Gasteiger partial charge in [-0.1, -0.05) is 18.1 Å². The molecule has 2 aliphatic rings. The molecule has 0 radical (unpaired) electrons. The molecule has 2 aliphatic heterocycles. The second-order valence-corrected chi connectivity index (χ2v) is 9.61. The number of benzene rings is 2. The molecule has 3 aromatic rings. The smallest absolute Gasteiger partial charge is 0.417 e. The quantitative estimate of drug-likeness (QED) is 0.152. The number of ether oxygens (including phenoxy) is 1. The summed E-state index contributed by atoms with van der Waals surface area (Å²) < 4.78 is 82.1. The number of aliphatic hydroxyl groups excluding tert-OH is 1. The van der Waals surface area contributed by atoms with E-state index >= 15 is 0 Å². The van der Waals surface area contributed by atoms with E-state index in [1.807, 2.05) is 6.92 Å². The van der Waals surface area contributed by atoms with Crippen molar-refractivity contribution >= 4 is 5.91 Å². The van der Waals surface area contributed by atoms with Crippen molar-refractivity contribution in [3.05, 3.63) is 77.8 Å². The van der Waals surface area contributed by atoms with Gasteiger partial charge in [0.1, 0.15) is 22.8 Å². The number of halogens is 5. The molecular formula is C29H25F5N6O4. The van der Waals surface area contributed by atoms with Crippen LogP contribution in [0, 0.1) is 11.6 Å². The van der Waals surface area contributed by atoms with Gasteiger partial charge >= 0.3 is 6.18 Å². The van der Waals surface area contributed by atoms with Crippen LogP contribution in [0.15, 0.2) is 59.4 Å². The van der Waals surface area contributed by atoms with Gasteiger partial charge in [-0.3, -0.25) is 9.48 Å². The van der Waals surface area contributed by atoms with Gasteiger partial charge in [-0.15, -0.1) is 0 Å². The predicted molar refractivity (Wildman–Crippen MR) is 145 cm³/mol. The van der Waals surface area contributed by atoms with Gasteiger partial charge < -0.3 is 19.7 Å². The molecular weight excluding hydrogens is 591 g/mol. The molecule has 15 heteroatoms. The van der Waals surface area contributed by atoms with E-state index in [4.69, 9.17) is 14.4 Å². The van der Waals surface area contributed by atoms with Gasteiger partial charge in [-0.05, 0) is 43.2 Å². The number of alkyl halides is 3. The molecule has 2 aromatic carbocycles. The number of nitrogens with zero attached hydrogens (tertiary/aromatic N) is 5. The highest BCUT2D eigenvalue weighted by atomic mass is 19.4. The number of carbonyl (C=O) groups excluding carboxylic acids is 1. The zero-order valence-electron chi connectivity index (χ0n) is 23.1. The summed E-state index contributed by atoms with van der Waals surface area (Å²) >= 11 is 0. The Morgan fingerprint density at radius 1 is 1.09 bits per heavy atom. The zero-order chi connectivity index (χ0) is 31.4. The van der Waals surface area contributed by atoms with Gasteiger partial charge in [0.15, 0.2) is 29.3 Å². The molecule has 0 saturated heterocycles. The average Bonchev–Trinajstić information content (AvgIpc) is 3.65. The summed E-state index contributed by atoms with van der Waals surface area (Å²) in [5.41, 5.74) is -1.32. The van der Waals surface area contributed by atoms with Crippen LogP contribution >= 0.6 is 0 Å². The number of nitrogens with one attached hydrogen (secondary N) is 1. The molecule has 2 N–H and O–H groups in total. The summed E-state index contributed by atoms with van der Waals surface area (Å²) in [6.07, 6.45) is -1.37. The van der Waals surface area contributed by atoms with E-state index in [0.717, 1.165) is 16.8 Å². The van der Waals surface area contributed by atoms with Crippen molar-refractivity contribution in [3.63, 3.8) is 0 Å². The lowest BCUT2D eigenvalue weighted by atomic mass is 10.0. The molecule has 1 unspecified atom stereocenters. The van der Waals surface area contributed by atoms with Gasteiger partial charge in [0.2, 0.25) is 0 Å². The predicted octanol–water partition coefficient (Wildman–Crippen LogP) is 5.27. The second-order valence-electron chi connectivity index (χ2n) is 9.61. The minimum atomic E-state index is -4.75. The lowest BCUT2D eigenvalue weighted by Crippen LogP contribution is -2.35. The van der Waals surface area contributed by atoms with E-state index in [0.29, 0.717) is 6.42 Å². The molecule has 1 amide bonds. The van der Waals surface area contributed by atoms with Gasteiger partial charge in [-0.2, -0.15) is 18.3 Å². The molecule has 1 atom stereocenters. The summed E-state index contributed by atoms with van der Waals surface area (Å²) in [7, 11) is 0. The topological polar surface area (TPSA) is 128 Å². The van der Waals surface area contributed by atoms with Crippen LogP contribution in [0.5, 0.6) is 5.75 Å². The van der Waals surface area contributed by atoms with E-state index in [9.17, 15) is 26.7 Å². The van der Waals surface area contributed by atoms with E-state index in [2.05, 4.69) is 25.5 Å². The third-order valence-corrected chi connectivity index (χ3v) is 6.47. The van der Waals surface area contributed by atoms with Crippen LogP contribution in [0.3, 0.4) is 0 Å². The van der Waals surface area contributed by atoms with E-state index in [1.54, 1.807) is 0 Å². The zero-order valence-corrected chi connectivity index (χ0v) is 23.1. The second kappa shape index (κ2) is 12.8. The monoisotopic (exact) mass is 616 g/mol. The molecule has 44 heavy (non-hydrogen) atoms. The molecule has 0 spiro atoms. The maximum Gasteiger partial charge on any atom is 0.417 e. The van der Waals surface area contributed by atoms with Crippen molar-refractivity contribution < 1.29 is 41.1 Å². The van der Waals surface area contributed by atoms with Crippen molar-refractivity contribution in [2.24, 2.45) is 0 Å². The number of aliphatic hydroxyl groups is 1. The molecule has 1 aromatic heterocycles. The summed E-state index contributed by atoms with van der Waals surface area (Å²) in [6.45, 7) is 1.94. The van der Waals surface area contributed by atoms with Crippen molar-refractivity contribution in [1.82, 2.24) is 30.2 Å². The van der Waals surface area contributed by atoms with Crippen LogP contribution in [-0.2, 0) is 11.0 Å². The number of hydrogen-bond acceptors (Lipinski definition) is 8. The van der Waals surface area contributed by atoms with E-state index in [-0.39, 0.29) is 71.7 Å². The molecule has 5 rings (SSSR count). The van der Waals surface area contributed by atoms with E-state index < -0.39 is 35.3 Å². The molecule has 3 heterocycles. The first-order valence-electron chi connectivity index (χ1n) is 13.5. The first-order chi connectivity index (χ1) is 21.1. The minimum absolute atomic E-state index is 0.0362. The van der Waals surface area contributed by atoms with Gasteiger partial charge in [0.05, 0.1) is 30.1 Å². The number of rotatable bonds is 11. The van der Waals surface area contributed by atoms with Crippen LogP contribution < -0.4 is 10.1 Å². The Morgan fingerprint density at radius 3 is 2.64 bits per heavy atom. The number of amides is 1. The summed E-state index contributed by atoms with van der Waals surface area (Å²) in [5.74, 6) is -3.13. The molecule has 0 saturated carbocycles. The van der Waals surface area contributed by atoms with Gasteiger partial charge in [0, 0.05) is 24.8 Å². The van der Waals surface area contributed by atoms with Crippen LogP contribution in [0.4, 0.5) is 22.0 Å². The minimum Gasteiger partial charge on any atom is -0.494 e. The first kappa shape index (κ1) is 30.5. The summed E-state index contributed by atoms with van der Waals surface area (Å²) in [4.78, 5) is 21.8. The fraction of sp³-hybridized carbons (Fsp3) is 0.276. The highest BCUT2D eigenvalue weighted by molar-refractivity contribution is 5.83. The number of hydrogen-bond donors (Lipinski definition) is 2. The Hall–Kier alpha value is -4.92. The lowest BCUT2D eigenvalue weighted by molar-refractivity contribution is -0.137. The fourth-order valence-corrected chi connectivity index (χ4v) is 4.38. The van der Waals surface area contributed by atoms with Crippen molar-refractivity contribution in [2.75, 3.05) is 19.8 Å².